The third kappa shape index (κ3) is 4.97. The second-order valence-corrected chi connectivity index (χ2v) is 8.57. The third-order valence-corrected chi connectivity index (χ3v) is 6.18. The number of halogens is 1. The minimum Gasteiger partial charge on any atom is -0.298 e. The predicted molar refractivity (Wildman–Crippen MR) is 107 cm³/mol. The Bertz CT molecular complexity index is 750. The molecule has 4 nitrogen and oxygen atoms in total. The van der Waals surface area contributed by atoms with Crippen LogP contribution in [0.1, 0.15) is 35.8 Å². The fourth-order valence-electron chi connectivity index (χ4n) is 3.07. The van der Waals surface area contributed by atoms with E-state index in [2.05, 4.69) is 22.1 Å². The summed E-state index contributed by atoms with van der Waals surface area (Å²) in [5.74, 6) is 0.533. The summed E-state index contributed by atoms with van der Waals surface area (Å²) in [6, 6.07) is 5.48. The summed E-state index contributed by atoms with van der Waals surface area (Å²) >= 11 is 9.21. The van der Waals surface area contributed by atoms with Gasteiger partial charge in [0, 0.05) is 23.4 Å². The average molecular weight is 396 g/mol. The van der Waals surface area contributed by atoms with E-state index in [1.807, 2.05) is 23.8 Å². The molecule has 134 valence electrons. The highest BCUT2D eigenvalue weighted by Gasteiger charge is 2.18. The summed E-state index contributed by atoms with van der Waals surface area (Å²) < 4.78 is 0. The van der Waals surface area contributed by atoms with E-state index in [1.54, 1.807) is 17.8 Å². The number of hydrogen-bond acceptors (Lipinski definition) is 5. The molecule has 1 aliphatic heterocycles. The van der Waals surface area contributed by atoms with E-state index in [9.17, 15) is 4.79 Å². The van der Waals surface area contributed by atoms with E-state index in [-0.39, 0.29) is 5.91 Å². The summed E-state index contributed by atoms with van der Waals surface area (Å²) in [6.45, 7) is 5.39. The number of nitrogens with one attached hydrogen (secondary N) is 1. The topological polar surface area (TPSA) is 45.2 Å². The van der Waals surface area contributed by atoms with Gasteiger partial charge in [-0.3, -0.25) is 15.0 Å². The zero-order chi connectivity index (χ0) is 17.8. The average Bonchev–Trinajstić information content (AvgIpc) is 3.02. The quantitative estimate of drug-likeness (QED) is 0.723. The monoisotopic (exact) mass is 395 g/mol. The molecule has 0 spiro atoms. The van der Waals surface area contributed by atoms with Gasteiger partial charge in [-0.05, 0) is 49.8 Å². The maximum absolute atomic E-state index is 12.5. The largest absolute Gasteiger partial charge is 0.298 e. The Morgan fingerprint density at radius 3 is 3.12 bits per heavy atom. The number of thioether (sulfide) groups is 1. The number of rotatable bonds is 5. The van der Waals surface area contributed by atoms with Gasteiger partial charge in [0.2, 0.25) is 0 Å². The molecule has 1 N–H and O–H groups in total. The van der Waals surface area contributed by atoms with Crippen molar-refractivity contribution < 1.29 is 4.79 Å². The number of nitrogens with zero attached hydrogens (tertiary/aromatic N) is 2. The van der Waals surface area contributed by atoms with Gasteiger partial charge in [-0.1, -0.05) is 18.5 Å². The summed E-state index contributed by atoms with van der Waals surface area (Å²) in [4.78, 5) is 20.5. The Morgan fingerprint density at radius 1 is 1.52 bits per heavy atom. The molecule has 1 aliphatic rings. The summed E-state index contributed by atoms with van der Waals surface area (Å²) in [7, 11) is 0. The molecule has 0 radical (unpaired) electrons. The number of piperidine rings is 1. The van der Waals surface area contributed by atoms with Gasteiger partial charge in [-0.25, -0.2) is 4.98 Å². The predicted octanol–water partition coefficient (Wildman–Crippen LogP) is 5.00. The molecular formula is C18H22ClN3OS2. The lowest BCUT2D eigenvalue weighted by atomic mass is 10.0. The van der Waals surface area contributed by atoms with Crippen molar-refractivity contribution in [1.82, 2.24) is 9.88 Å². The van der Waals surface area contributed by atoms with Crippen molar-refractivity contribution in [1.29, 1.82) is 0 Å². The Kier molecular flexibility index (Phi) is 6.39. The molecule has 1 amide bonds. The van der Waals surface area contributed by atoms with Crippen molar-refractivity contribution in [3.05, 3.63) is 39.9 Å². The second kappa shape index (κ2) is 8.54. The molecule has 1 saturated heterocycles. The van der Waals surface area contributed by atoms with Gasteiger partial charge in [0.15, 0.2) is 5.13 Å². The Balaban J connectivity index is 1.64. The molecular weight excluding hydrogens is 374 g/mol. The zero-order valence-electron chi connectivity index (χ0n) is 14.4. The Morgan fingerprint density at radius 2 is 2.36 bits per heavy atom. The fraction of sp³-hybridized carbons (Fsp3) is 0.444. The van der Waals surface area contributed by atoms with Crippen LogP contribution in [0.5, 0.6) is 0 Å². The number of benzene rings is 1. The van der Waals surface area contributed by atoms with Gasteiger partial charge >= 0.3 is 0 Å². The van der Waals surface area contributed by atoms with Gasteiger partial charge in [-0.2, -0.15) is 0 Å². The highest BCUT2D eigenvalue weighted by molar-refractivity contribution is 7.98. The number of likely N-dealkylation sites (tertiary alicyclic amines) is 1. The standard InChI is InChI=1S/C18H22ClN3OS2/c1-12-4-3-7-22(9-12)10-13-11-25-18(20-13)21-17(23)15-8-14(24-2)5-6-16(15)19/h5-6,8,11-12H,3-4,7,9-10H2,1-2H3,(H,20,21,23)/t12-/m0/s1. The Hall–Kier alpha value is -1.08. The van der Waals surface area contributed by atoms with Crippen LogP contribution in [0.25, 0.3) is 0 Å². The van der Waals surface area contributed by atoms with Crippen molar-refractivity contribution in [2.24, 2.45) is 5.92 Å². The maximum atomic E-state index is 12.5. The number of hydrogen-bond donors (Lipinski definition) is 1. The lowest BCUT2D eigenvalue weighted by Crippen LogP contribution is -2.33. The van der Waals surface area contributed by atoms with Crippen LogP contribution in [0, 0.1) is 5.92 Å². The Labute approximate surface area is 162 Å². The fourth-order valence-corrected chi connectivity index (χ4v) is 4.41. The zero-order valence-corrected chi connectivity index (χ0v) is 16.8. The number of aromatic nitrogens is 1. The normalized spacial score (nSPS) is 18.3. The van der Waals surface area contributed by atoms with Crippen LogP contribution < -0.4 is 5.32 Å². The molecule has 1 fully saturated rings. The number of amides is 1. The number of anilines is 1. The van der Waals surface area contributed by atoms with Gasteiger partial charge in [0.25, 0.3) is 5.91 Å². The molecule has 0 unspecified atom stereocenters. The molecule has 3 rings (SSSR count). The highest BCUT2D eigenvalue weighted by atomic mass is 35.5. The second-order valence-electron chi connectivity index (χ2n) is 6.43. The van der Waals surface area contributed by atoms with Crippen molar-refractivity contribution in [3.63, 3.8) is 0 Å². The summed E-state index contributed by atoms with van der Waals surface area (Å²) in [6.07, 6.45) is 4.53. The summed E-state index contributed by atoms with van der Waals surface area (Å²) in [5.41, 5.74) is 1.49. The minimum absolute atomic E-state index is 0.214. The number of carbonyl (C=O) groups is 1. The third-order valence-electron chi connectivity index (χ3n) is 4.32. The van der Waals surface area contributed by atoms with Crippen molar-refractivity contribution >= 4 is 45.7 Å². The van der Waals surface area contributed by atoms with Crippen molar-refractivity contribution in [3.8, 4) is 0 Å². The van der Waals surface area contributed by atoms with Crippen LogP contribution in [-0.4, -0.2) is 35.1 Å². The van der Waals surface area contributed by atoms with E-state index in [4.69, 9.17) is 11.6 Å². The molecule has 2 aromatic rings. The van der Waals surface area contributed by atoms with Crippen molar-refractivity contribution in [2.75, 3.05) is 24.7 Å². The highest BCUT2D eigenvalue weighted by Crippen LogP contribution is 2.25. The molecule has 0 aliphatic carbocycles. The lowest BCUT2D eigenvalue weighted by molar-refractivity contribution is 0.102. The van der Waals surface area contributed by atoms with Crippen LogP contribution in [0.15, 0.2) is 28.5 Å². The lowest BCUT2D eigenvalue weighted by Gasteiger charge is -2.30. The van der Waals surface area contributed by atoms with Gasteiger partial charge in [0.05, 0.1) is 16.3 Å². The van der Waals surface area contributed by atoms with Gasteiger partial charge < -0.3 is 0 Å². The van der Waals surface area contributed by atoms with Crippen molar-refractivity contribution in [2.45, 2.75) is 31.2 Å². The van der Waals surface area contributed by atoms with Crippen LogP contribution in [0.3, 0.4) is 0 Å². The molecule has 2 heterocycles. The van der Waals surface area contributed by atoms with E-state index in [1.165, 1.54) is 24.2 Å². The van der Waals surface area contributed by atoms with E-state index in [0.717, 1.165) is 36.1 Å². The van der Waals surface area contributed by atoms with Gasteiger partial charge in [-0.15, -0.1) is 23.1 Å². The molecule has 25 heavy (non-hydrogen) atoms. The van der Waals surface area contributed by atoms with Gasteiger partial charge in [0.1, 0.15) is 0 Å². The maximum Gasteiger partial charge on any atom is 0.258 e. The minimum atomic E-state index is -0.214. The number of thiazole rings is 1. The molecule has 7 heteroatoms. The first-order valence-corrected chi connectivity index (χ1v) is 10.8. The first-order valence-electron chi connectivity index (χ1n) is 8.37. The molecule has 1 aromatic heterocycles. The van der Waals surface area contributed by atoms with Crippen LogP contribution >= 0.6 is 34.7 Å². The first kappa shape index (κ1) is 18.7. The van der Waals surface area contributed by atoms with Crippen LogP contribution in [0.2, 0.25) is 5.02 Å². The van der Waals surface area contributed by atoms with Crippen LogP contribution in [-0.2, 0) is 6.54 Å². The molecule has 0 bridgehead atoms. The molecule has 1 aromatic carbocycles. The smallest absolute Gasteiger partial charge is 0.258 e. The van der Waals surface area contributed by atoms with Crippen LogP contribution in [0.4, 0.5) is 5.13 Å². The summed E-state index contributed by atoms with van der Waals surface area (Å²) in [5, 5.41) is 5.97. The first-order chi connectivity index (χ1) is 12.0. The molecule has 1 atom stereocenters. The SMILES string of the molecule is CSc1ccc(Cl)c(C(=O)Nc2nc(CN3CCC[C@H](C)C3)cs2)c1. The van der Waals surface area contributed by atoms with E-state index < -0.39 is 0 Å². The number of carbonyl (C=O) groups excluding carboxylic acids is 1. The van der Waals surface area contributed by atoms with E-state index in [0.29, 0.717) is 15.7 Å². The molecule has 0 saturated carbocycles. The van der Waals surface area contributed by atoms with E-state index >= 15 is 0 Å².